The second kappa shape index (κ2) is 6.39. The smallest absolute Gasteiger partial charge is 0.323 e. The highest BCUT2D eigenvalue weighted by atomic mass is 16.5. The lowest BCUT2D eigenvalue weighted by Crippen LogP contribution is -2.20. The van der Waals surface area contributed by atoms with Gasteiger partial charge in [-0.3, -0.25) is 4.79 Å². The summed E-state index contributed by atoms with van der Waals surface area (Å²) in [7, 11) is 0. The monoisotopic (exact) mass is 311 g/mol. The van der Waals surface area contributed by atoms with Crippen molar-refractivity contribution >= 4 is 29.0 Å². The summed E-state index contributed by atoms with van der Waals surface area (Å²) in [6, 6.07) is 12.2. The predicted octanol–water partition coefficient (Wildman–Crippen LogP) is 3.22. The molecule has 0 atom stereocenters. The van der Waals surface area contributed by atoms with E-state index in [1.54, 1.807) is 30.3 Å². The van der Waals surface area contributed by atoms with Gasteiger partial charge in [-0.25, -0.2) is 4.79 Å². The Labute approximate surface area is 133 Å². The van der Waals surface area contributed by atoms with Gasteiger partial charge in [0, 0.05) is 11.4 Å². The molecule has 6 nitrogen and oxygen atoms in total. The van der Waals surface area contributed by atoms with Crippen LogP contribution in [0.3, 0.4) is 0 Å². The maximum absolute atomic E-state index is 12.1. The fraction of sp³-hybridized carbons (Fsp3) is 0.176. The van der Waals surface area contributed by atoms with E-state index < -0.39 is 0 Å². The van der Waals surface area contributed by atoms with Crippen molar-refractivity contribution in [3.8, 4) is 5.75 Å². The summed E-state index contributed by atoms with van der Waals surface area (Å²) in [5.74, 6) is 0.584. The molecule has 1 aliphatic rings. The molecule has 1 heterocycles. The summed E-state index contributed by atoms with van der Waals surface area (Å²) in [5, 5.41) is 8.28. The third-order valence-corrected chi connectivity index (χ3v) is 3.42. The van der Waals surface area contributed by atoms with Crippen LogP contribution in [0.25, 0.3) is 0 Å². The van der Waals surface area contributed by atoms with E-state index in [4.69, 9.17) is 4.74 Å². The van der Waals surface area contributed by atoms with Gasteiger partial charge in [-0.05, 0) is 42.8 Å². The van der Waals surface area contributed by atoms with E-state index in [1.165, 1.54) is 0 Å². The number of fused-ring (bicyclic) bond motifs is 1. The minimum Gasteiger partial charge on any atom is -0.492 e. The van der Waals surface area contributed by atoms with Gasteiger partial charge in [-0.1, -0.05) is 12.1 Å². The van der Waals surface area contributed by atoms with Gasteiger partial charge in [-0.15, -0.1) is 0 Å². The summed E-state index contributed by atoms with van der Waals surface area (Å²) in [5.41, 5.74) is 2.90. The molecule has 0 spiro atoms. The summed E-state index contributed by atoms with van der Waals surface area (Å²) < 4.78 is 5.47. The van der Waals surface area contributed by atoms with Gasteiger partial charge < -0.3 is 20.7 Å². The molecule has 2 aromatic rings. The summed E-state index contributed by atoms with van der Waals surface area (Å²) >= 11 is 0. The quantitative estimate of drug-likeness (QED) is 0.811. The van der Waals surface area contributed by atoms with E-state index in [0.717, 1.165) is 11.3 Å². The first-order valence-corrected chi connectivity index (χ1v) is 7.38. The number of anilines is 3. The van der Waals surface area contributed by atoms with E-state index in [-0.39, 0.29) is 11.9 Å². The second-order valence-corrected chi connectivity index (χ2v) is 5.11. The number of benzene rings is 2. The van der Waals surface area contributed by atoms with Gasteiger partial charge in [-0.2, -0.15) is 0 Å². The Bertz CT molecular complexity index is 758. The van der Waals surface area contributed by atoms with Crippen molar-refractivity contribution in [1.82, 2.24) is 0 Å². The molecule has 0 aliphatic carbocycles. The van der Waals surface area contributed by atoms with Crippen LogP contribution < -0.4 is 20.7 Å². The maximum Gasteiger partial charge on any atom is 0.323 e. The van der Waals surface area contributed by atoms with Crippen LogP contribution in [-0.2, 0) is 11.2 Å². The topological polar surface area (TPSA) is 79.5 Å². The van der Waals surface area contributed by atoms with Crippen LogP contribution in [0.15, 0.2) is 42.5 Å². The molecule has 0 unspecified atom stereocenters. The van der Waals surface area contributed by atoms with Crippen molar-refractivity contribution in [2.45, 2.75) is 13.3 Å². The van der Waals surface area contributed by atoms with E-state index in [9.17, 15) is 9.59 Å². The molecule has 0 aromatic heterocycles. The van der Waals surface area contributed by atoms with Crippen LogP contribution in [0, 0.1) is 0 Å². The minimum absolute atomic E-state index is 0.0350. The van der Waals surface area contributed by atoms with Crippen molar-refractivity contribution in [2.24, 2.45) is 0 Å². The molecular formula is C17H17N3O3. The number of rotatable bonds is 4. The molecule has 3 amide bonds. The molecule has 3 rings (SSSR count). The van der Waals surface area contributed by atoms with E-state index in [2.05, 4.69) is 16.0 Å². The molecular weight excluding hydrogens is 294 g/mol. The lowest BCUT2D eigenvalue weighted by atomic mass is 10.1. The standard InChI is InChI=1S/C17H17N3O3/c1-2-23-15-6-4-3-5-14(15)20-17(22)18-12-7-8-13-11(9-12)10-16(21)19-13/h3-9H,2,10H2,1H3,(H,19,21)(H2,18,20,22). The number of carbonyl (C=O) groups excluding carboxylic acids is 2. The zero-order valence-electron chi connectivity index (χ0n) is 12.7. The number of para-hydroxylation sites is 2. The van der Waals surface area contributed by atoms with E-state index >= 15 is 0 Å². The van der Waals surface area contributed by atoms with Gasteiger partial charge in [0.05, 0.1) is 18.7 Å². The van der Waals surface area contributed by atoms with Crippen LogP contribution in [0.2, 0.25) is 0 Å². The van der Waals surface area contributed by atoms with Crippen molar-refractivity contribution in [3.05, 3.63) is 48.0 Å². The van der Waals surface area contributed by atoms with Gasteiger partial charge in [0.15, 0.2) is 0 Å². The summed E-state index contributed by atoms with van der Waals surface area (Å²) in [6.45, 7) is 2.41. The maximum atomic E-state index is 12.1. The van der Waals surface area contributed by atoms with Crippen molar-refractivity contribution in [2.75, 3.05) is 22.6 Å². The zero-order chi connectivity index (χ0) is 16.2. The Hall–Kier alpha value is -3.02. The molecule has 1 aliphatic heterocycles. The molecule has 2 aromatic carbocycles. The predicted molar refractivity (Wildman–Crippen MR) is 89.0 cm³/mol. The van der Waals surface area contributed by atoms with E-state index in [0.29, 0.717) is 30.2 Å². The number of amides is 3. The minimum atomic E-state index is -0.366. The van der Waals surface area contributed by atoms with Gasteiger partial charge in [0.25, 0.3) is 0 Å². The molecule has 6 heteroatoms. The molecule has 0 saturated carbocycles. The fourth-order valence-electron chi connectivity index (χ4n) is 2.44. The zero-order valence-corrected chi connectivity index (χ0v) is 12.7. The number of ether oxygens (including phenoxy) is 1. The Morgan fingerprint density at radius 1 is 1.22 bits per heavy atom. The molecule has 0 bridgehead atoms. The normalized spacial score (nSPS) is 12.3. The lowest BCUT2D eigenvalue weighted by molar-refractivity contribution is -0.115. The molecule has 23 heavy (non-hydrogen) atoms. The van der Waals surface area contributed by atoms with Crippen molar-refractivity contribution in [1.29, 1.82) is 0 Å². The molecule has 0 radical (unpaired) electrons. The Morgan fingerprint density at radius 3 is 2.87 bits per heavy atom. The number of hydrogen-bond acceptors (Lipinski definition) is 3. The number of nitrogens with one attached hydrogen (secondary N) is 3. The summed E-state index contributed by atoms with van der Waals surface area (Å²) in [6.07, 6.45) is 0.333. The highest BCUT2D eigenvalue weighted by Crippen LogP contribution is 2.27. The largest absolute Gasteiger partial charge is 0.492 e. The molecule has 0 fully saturated rings. The average Bonchev–Trinajstić information content (AvgIpc) is 2.89. The Kier molecular flexibility index (Phi) is 4.14. The van der Waals surface area contributed by atoms with Gasteiger partial charge >= 0.3 is 6.03 Å². The first-order chi connectivity index (χ1) is 11.2. The third-order valence-electron chi connectivity index (χ3n) is 3.42. The van der Waals surface area contributed by atoms with Gasteiger partial charge in [0.2, 0.25) is 5.91 Å². The highest BCUT2D eigenvalue weighted by Gasteiger charge is 2.18. The number of urea groups is 1. The third kappa shape index (κ3) is 3.42. The van der Waals surface area contributed by atoms with Crippen LogP contribution in [0.5, 0.6) is 5.75 Å². The summed E-state index contributed by atoms with van der Waals surface area (Å²) in [4.78, 5) is 23.5. The van der Waals surface area contributed by atoms with Crippen molar-refractivity contribution in [3.63, 3.8) is 0 Å². The lowest BCUT2D eigenvalue weighted by Gasteiger charge is -2.12. The Morgan fingerprint density at radius 2 is 2.04 bits per heavy atom. The first kappa shape index (κ1) is 14.9. The molecule has 118 valence electrons. The van der Waals surface area contributed by atoms with Crippen LogP contribution in [-0.4, -0.2) is 18.5 Å². The Balaban J connectivity index is 1.69. The van der Waals surface area contributed by atoms with Crippen LogP contribution in [0.1, 0.15) is 12.5 Å². The second-order valence-electron chi connectivity index (χ2n) is 5.11. The molecule has 0 saturated heterocycles. The van der Waals surface area contributed by atoms with Crippen molar-refractivity contribution < 1.29 is 14.3 Å². The van der Waals surface area contributed by atoms with Crippen LogP contribution >= 0.6 is 0 Å². The highest BCUT2D eigenvalue weighted by molar-refractivity contribution is 6.02. The number of carbonyl (C=O) groups is 2. The SMILES string of the molecule is CCOc1ccccc1NC(=O)Nc1ccc2c(c1)CC(=O)N2. The van der Waals surface area contributed by atoms with E-state index in [1.807, 2.05) is 19.1 Å². The number of hydrogen-bond donors (Lipinski definition) is 3. The van der Waals surface area contributed by atoms with Gasteiger partial charge in [0.1, 0.15) is 5.75 Å². The first-order valence-electron chi connectivity index (χ1n) is 7.38. The van der Waals surface area contributed by atoms with Crippen LogP contribution in [0.4, 0.5) is 21.9 Å². The average molecular weight is 311 g/mol. The molecule has 3 N–H and O–H groups in total. The fourth-order valence-corrected chi connectivity index (χ4v) is 2.44.